The summed E-state index contributed by atoms with van der Waals surface area (Å²) < 4.78 is 4.53. The Morgan fingerprint density at radius 3 is 2.48 bits per heavy atom. The first-order valence-electron chi connectivity index (χ1n) is 7.19. The van der Waals surface area contributed by atoms with E-state index in [-0.39, 0.29) is 11.5 Å². The molecule has 5 heteroatoms. The summed E-state index contributed by atoms with van der Waals surface area (Å²) in [5.74, 6) is 0.397. The molecule has 1 amide bonds. The lowest BCUT2D eigenvalue weighted by Gasteiger charge is -2.08. The van der Waals surface area contributed by atoms with Gasteiger partial charge in [-0.3, -0.25) is 0 Å². The Kier molecular flexibility index (Phi) is 5.63. The Hall–Kier alpha value is -2.95. The molecule has 2 rings (SSSR count). The number of carbonyl (C=O) groups excluding carboxylic acids is 1. The van der Waals surface area contributed by atoms with Gasteiger partial charge in [0.15, 0.2) is 0 Å². The molecule has 0 atom stereocenters. The van der Waals surface area contributed by atoms with E-state index >= 15 is 0 Å². The van der Waals surface area contributed by atoms with Crippen molar-refractivity contribution >= 4 is 18.2 Å². The second kappa shape index (κ2) is 7.89. The van der Waals surface area contributed by atoms with Gasteiger partial charge in [0.2, 0.25) is 0 Å². The van der Waals surface area contributed by atoms with Gasteiger partial charge < -0.3 is 20.3 Å². The standard InChI is InChI=1S/C18H19NO4/c1-23-18(22)19-11-10-14-6-9-17(21)12-15(14)5-2-13-3-7-16(20)8-4-13/h2-9,12,20-21H,10-11H2,1H3,(H,19,22). The summed E-state index contributed by atoms with van der Waals surface area (Å²) >= 11 is 0. The summed E-state index contributed by atoms with van der Waals surface area (Å²) in [7, 11) is 1.32. The fraction of sp³-hybridized carbons (Fsp3) is 0.167. The number of benzene rings is 2. The molecule has 0 fully saturated rings. The number of nitrogens with one attached hydrogen (secondary N) is 1. The third-order valence-corrected chi connectivity index (χ3v) is 3.33. The third-order valence-electron chi connectivity index (χ3n) is 3.33. The fourth-order valence-electron chi connectivity index (χ4n) is 2.11. The predicted octanol–water partition coefficient (Wildman–Crippen LogP) is 3.17. The lowest BCUT2D eigenvalue weighted by Crippen LogP contribution is -2.25. The van der Waals surface area contributed by atoms with Gasteiger partial charge in [0, 0.05) is 6.54 Å². The molecule has 0 aliphatic carbocycles. The third kappa shape index (κ3) is 5.07. The molecule has 2 aromatic carbocycles. The minimum Gasteiger partial charge on any atom is -0.508 e. The number of carbonyl (C=O) groups is 1. The van der Waals surface area contributed by atoms with Gasteiger partial charge in [0.25, 0.3) is 0 Å². The van der Waals surface area contributed by atoms with Crippen molar-refractivity contribution in [3.8, 4) is 11.5 Å². The predicted molar refractivity (Wildman–Crippen MR) is 89.3 cm³/mol. The molecular formula is C18H19NO4. The van der Waals surface area contributed by atoms with Crippen LogP contribution in [0.1, 0.15) is 16.7 Å². The monoisotopic (exact) mass is 313 g/mol. The first-order valence-corrected chi connectivity index (χ1v) is 7.19. The number of phenols is 2. The molecule has 120 valence electrons. The number of rotatable bonds is 5. The first kappa shape index (κ1) is 16.4. The molecule has 0 saturated heterocycles. The second-order valence-corrected chi connectivity index (χ2v) is 4.98. The maximum atomic E-state index is 11.1. The number of alkyl carbamates (subject to hydrolysis) is 1. The average molecular weight is 313 g/mol. The zero-order chi connectivity index (χ0) is 16.7. The Labute approximate surface area is 134 Å². The highest BCUT2D eigenvalue weighted by molar-refractivity contribution is 5.72. The number of aromatic hydroxyl groups is 2. The summed E-state index contributed by atoms with van der Waals surface area (Å²) in [6.45, 7) is 0.442. The fourth-order valence-corrected chi connectivity index (χ4v) is 2.11. The van der Waals surface area contributed by atoms with E-state index in [0.717, 1.165) is 16.7 Å². The molecule has 0 unspecified atom stereocenters. The zero-order valence-corrected chi connectivity index (χ0v) is 12.8. The van der Waals surface area contributed by atoms with Crippen molar-refractivity contribution in [3.63, 3.8) is 0 Å². The van der Waals surface area contributed by atoms with Crippen LogP contribution in [0.25, 0.3) is 12.2 Å². The molecule has 23 heavy (non-hydrogen) atoms. The van der Waals surface area contributed by atoms with E-state index in [9.17, 15) is 15.0 Å². The highest BCUT2D eigenvalue weighted by Gasteiger charge is 2.03. The number of phenolic OH excluding ortho intramolecular Hbond substituents is 2. The normalized spacial score (nSPS) is 10.7. The quantitative estimate of drug-likeness (QED) is 0.741. The van der Waals surface area contributed by atoms with Crippen LogP contribution in [0.15, 0.2) is 42.5 Å². The van der Waals surface area contributed by atoms with Gasteiger partial charge in [-0.1, -0.05) is 30.4 Å². The number of hydrogen-bond donors (Lipinski definition) is 3. The molecule has 0 bridgehead atoms. The van der Waals surface area contributed by atoms with Gasteiger partial charge in [0.05, 0.1) is 7.11 Å². The van der Waals surface area contributed by atoms with Crippen LogP contribution >= 0.6 is 0 Å². The lowest BCUT2D eigenvalue weighted by molar-refractivity contribution is 0.171. The minimum atomic E-state index is -0.468. The van der Waals surface area contributed by atoms with Crippen molar-refractivity contribution < 1.29 is 19.7 Å². The van der Waals surface area contributed by atoms with Crippen molar-refractivity contribution in [1.82, 2.24) is 5.32 Å². The SMILES string of the molecule is COC(=O)NCCc1ccc(O)cc1C=Cc1ccc(O)cc1. The van der Waals surface area contributed by atoms with Crippen LogP contribution in [0.2, 0.25) is 0 Å². The van der Waals surface area contributed by atoms with Crippen molar-refractivity contribution in [2.75, 3.05) is 13.7 Å². The number of methoxy groups -OCH3 is 1. The van der Waals surface area contributed by atoms with E-state index in [1.165, 1.54) is 7.11 Å². The van der Waals surface area contributed by atoms with E-state index in [1.54, 1.807) is 36.4 Å². The van der Waals surface area contributed by atoms with E-state index in [0.29, 0.717) is 13.0 Å². The molecule has 0 spiro atoms. The van der Waals surface area contributed by atoms with Gasteiger partial charge in [-0.2, -0.15) is 0 Å². The maximum absolute atomic E-state index is 11.1. The average Bonchev–Trinajstić information content (AvgIpc) is 2.55. The van der Waals surface area contributed by atoms with Gasteiger partial charge >= 0.3 is 6.09 Å². The lowest BCUT2D eigenvalue weighted by atomic mass is 10.0. The number of hydrogen-bond acceptors (Lipinski definition) is 4. The smallest absolute Gasteiger partial charge is 0.406 e. The molecule has 0 saturated carbocycles. The van der Waals surface area contributed by atoms with Crippen molar-refractivity contribution in [3.05, 3.63) is 59.2 Å². The van der Waals surface area contributed by atoms with Crippen LogP contribution in [0.4, 0.5) is 4.79 Å². The molecule has 5 nitrogen and oxygen atoms in total. The molecule has 2 aromatic rings. The largest absolute Gasteiger partial charge is 0.508 e. The highest BCUT2D eigenvalue weighted by Crippen LogP contribution is 2.20. The van der Waals surface area contributed by atoms with Crippen LogP contribution in [0.5, 0.6) is 11.5 Å². The molecular weight excluding hydrogens is 294 g/mol. The Balaban J connectivity index is 2.11. The Bertz CT molecular complexity index is 693. The maximum Gasteiger partial charge on any atom is 0.406 e. The van der Waals surface area contributed by atoms with Gasteiger partial charge in [0.1, 0.15) is 11.5 Å². The van der Waals surface area contributed by atoms with Crippen molar-refractivity contribution in [2.45, 2.75) is 6.42 Å². The summed E-state index contributed by atoms with van der Waals surface area (Å²) in [4.78, 5) is 11.1. The van der Waals surface area contributed by atoms with Crippen molar-refractivity contribution in [1.29, 1.82) is 0 Å². The molecule has 3 N–H and O–H groups in total. The summed E-state index contributed by atoms with van der Waals surface area (Å²) in [6.07, 6.45) is 3.93. The van der Waals surface area contributed by atoms with Crippen LogP contribution < -0.4 is 5.32 Å². The van der Waals surface area contributed by atoms with E-state index in [2.05, 4.69) is 10.1 Å². The number of ether oxygens (including phenoxy) is 1. The van der Waals surface area contributed by atoms with E-state index < -0.39 is 6.09 Å². The Morgan fingerprint density at radius 2 is 1.78 bits per heavy atom. The van der Waals surface area contributed by atoms with Crippen molar-refractivity contribution in [2.24, 2.45) is 0 Å². The number of amides is 1. The van der Waals surface area contributed by atoms with E-state index in [4.69, 9.17) is 0 Å². The molecule has 0 radical (unpaired) electrons. The van der Waals surface area contributed by atoms with Gasteiger partial charge in [-0.15, -0.1) is 0 Å². The van der Waals surface area contributed by atoms with Crippen LogP contribution in [-0.4, -0.2) is 30.0 Å². The zero-order valence-electron chi connectivity index (χ0n) is 12.8. The molecule has 0 aromatic heterocycles. The summed E-state index contributed by atoms with van der Waals surface area (Å²) in [5, 5.41) is 21.6. The van der Waals surface area contributed by atoms with Gasteiger partial charge in [-0.05, 0) is 47.4 Å². The second-order valence-electron chi connectivity index (χ2n) is 4.98. The Morgan fingerprint density at radius 1 is 1.09 bits per heavy atom. The summed E-state index contributed by atoms with van der Waals surface area (Å²) in [5.41, 5.74) is 2.80. The van der Waals surface area contributed by atoms with E-state index in [1.807, 2.05) is 18.2 Å². The molecule has 0 aliphatic heterocycles. The first-order chi connectivity index (χ1) is 11.1. The van der Waals surface area contributed by atoms with Crippen LogP contribution in [-0.2, 0) is 11.2 Å². The van der Waals surface area contributed by atoms with Gasteiger partial charge in [-0.25, -0.2) is 4.79 Å². The van der Waals surface area contributed by atoms with Crippen LogP contribution in [0, 0.1) is 0 Å². The molecule has 0 aliphatic rings. The topological polar surface area (TPSA) is 78.8 Å². The minimum absolute atomic E-state index is 0.181. The van der Waals surface area contributed by atoms with Crippen LogP contribution in [0.3, 0.4) is 0 Å². The highest BCUT2D eigenvalue weighted by atomic mass is 16.5. The summed E-state index contributed by atoms with van der Waals surface area (Å²) in [6, 6.07) is 11.9. The molecule has 0 heterocycles.